The number of carbonyl (C=O) groups is 1. The summed E-state index contributed by atoms with van der Waals surface area (Å²) in [5, 5.41) is 3.73. The average molecular weight is 347 g/mol. The molecule has 2 atom stereocenters. The van der Waals surface area contributed by atoms with Gasteiger partial charge < -0.3 is 14.6 Å². The van der Waals surface area contributed by atoms with Crippen molar-refractivity contribution in [1.82, 2.24) is 19.6 Å². The molecule has 3 rings (SSSR count). The normalized spacial score (nSPS) is 20.5. The molecule has 0 saturated heterocycles. The van der Waals surface area contributed by atoms with Crippen LogP contribution in [0.15, 0.2) is 24.5 Å². The van der Waals surface area contributed by atoms with Gasteiger partial charge in [-0.15, -0.1) is 0 Å². The summed E-state index contributed by atoms with van der Waals surface area (Å²) in [6.45, 7) is 2.68. The molecule has 2 aromatic rings. The molecule has 24 heavy (non-hydrogen) atoms. The molecule has 1 N–H and O–H groups in total. The summed E-state index contributed by atoms with van der Waals surface area (Å²) in [5.41, 5.74) is 3.16. The van der Waals surface area contributed by atoms with E-state index in [-0.39, 0.29) is 6.03 Å². The number of amides is 2. The molecule has 130 valence electrons. The van der Waals surface area contributed by atoms with E-state index in [2.05, 4.69) is 29.5 Å². The van der Waals surface area contributed by atoms with Crippen LogP contribution in [0.1, 0.15) is 30.5 Å². The Labute approximate surface area is 147 Å². The number of imidazole rings is 1. The number of hydrogen-bond donors (Lipinski definition) is 1. The monoisotopic (exact) mass is 346 g/mol. The summed E-state index contributed by atoms with van der Waals surface area (Å²) in [6.07, 6.45) is 10.4. The Morgan fingerprint density at radius 2 is 2.33 bits per heavy atom. The lowest BCUT2D eigenvalue weighted by Gasteiger charge is -2.24. The van der Waals surface area contributed by atoms with Gasteiger partial charge in [0.15, 0.2) is 0 Å². The number of carbonyl (C=O) groups excluding carboxylic acids is 1. The number of rotatable bonds is 5. The Morgan fingerprint density at radius 3 is 3.04 bits per heavy atom. The van der Waals surface area contributed by atoms with E-state index in [9.17, 15) is 4.79 Å². The van der Waals surface area contributed by atoms with E-state index in [4.69, 9.17) is 0 Å². The average Bonchev–Trinajstić information content (AvgIpc) is 3.21. The van der Waals surface area contributed by atoms with Gasteiger partial charge in [0.2, 0.25) is 0 Å². The Morgan fingerprint density at radius 1 is 1.50 bits per heavy atom. The van der Waals surface area contributed by atoms with Gasteiger partial charge in [0, 0.05) is 43.7 Å². The molecular weight excluding hydrogens is 320 g/mol. The van der Waals surface area contributed by atoms with Crippen molar-refractivity contribution in [3.63, 3.8) is 0 Å². The number of hydrogen-bond acceptors (Lipinski definition) is 3. The van der Waals surface area contributed by atoms with Gasteiger partial charge in [0.25, 0.3) is 0 Å². The first-order valence-corrected chi connectivity index (χ1v) is 9.84. The quantitative estimate of drug-likeness (QED) is 0.905. The molecule has 2 amide bonds. The Balaban J connectivity index is 1.50. The molecule has 0 aromatic carbocycles. The zero-order valence-electron chi connectivity index (χ0n) is 14.7. The maximum absolute atomic E-state index is 12.3. The summed E-state index contributed by atoms with van der Waals surface area (Å²) in [5.74, 6) is 0. The fourth-order valence-electron chi connectivity index (χ4n) is 3.40. The molecule has 0 radical (unpaired) electrons. The van der Waals surface area contributed by atoms with Gasteiger partial charge in [-0.2, -0.15) is 11.8 Å². The van der Waals surface area contributed by atoms with Gasteiger partial charge in [-0.3, -0.25) is 0 Å². The predicted octanol–water partition coefficient (Wildman–Crippen LogP) is 3.11. The van der Waals surface area contributed by atoms with E-state index in [0.717, 1.165) is 36.2 Å². The van der Waals surface area contributed by atoms with Crippen molar-refractivity contribution in [2.45, 2.75) is 43.9 Å². The highest BCUT2D eigenvalue weighted by Gasteiger charge is 2.29. The van der Waals surface area contributed by atoms with Crippen LogP contribution in [0.5, 0.6) is 0 Å². The lowest BCUT2D eigenvalue weighted by molar-refractivity contribution is 0.191. The molecule has 5 nitrogen and oxygen atoms in total. The minimum absolute atomic E-state index is 0.0293. The van der Waals surface area contributed by atoms with Crippen molar-refractivity contribution in [2.24, 2.45) is 0 Å². The topological polar surface area (TPSA) is 49.6 Å². The van der Waals surface area contributed by atoms with E-state index < -0.39 is 0 Å². The van der Waals surface area contributed by atoms with Gasteiger partial charge in [-0.25, -0.2) is 9.78 Å². The standard InChI is InChI=1S/C18H26N4OS/c1-13-5-4-10-22-12-14(20-17(13)22)8-9-19-18(23)21(2)15-6-7-16(11-15)24-3/h4-5,10,12,15-16H,6-9,11H2,1-3H3,(H,19,23)/t15-,16-/m1/s1. The van der Waals surface area contributed by atoms with E-state index in [1.807, 2.05) is 46.6 Å². The minimum Gasteiger partial charge on any atom is -0.338 e. The lowest BCUT2D eigenvalue weighted by atomic mass is 10.2. The summed E-state index contributed by atoms with van der Waals surface area (Å²) in [4.78, 5) is 18.9. The van der Waals surface area contributed by atoms with Gasteiger partial charge in [-0.1, -0.05) is 6.07 Å². The second-order valence-corrected chi connectivity index (χ2v) is 7.71. The molecule has 2 heterocycles. The highest BCUT2D eigenvalue weighted by Crippen LogP contribution is 2.30. The Kier molecular flexibility index (Phi) is 5.33. The molecule has 1 saturated carbocycles. The molecule has 0 aliphatic heterocycles. The number of nitrogens with zero attached hydrogens (tertiary/aromatic N) is 3. The smallest absolute Gasteiger partial charge is 0.317 e. The van der Waals surface area contributed by atoms with Crippen LogP contribution in [0.2, 0.25) is 0 Å². The summed E-state index contributed by atoms with van der Waals surface area (Å²) >= 11 is 1.91. The summed E-state index contributed by atoms with van der Waals surface area (Å²) < 4.78 is 2.04. The number of thioether (sulfide) groups is 1. The van der Waals surface area contributed by atoms with Crippen molar-refractivity contribution in [2.75, 3.05) is 19.8 Å². The van der Waals surface area contributed by atoms with Crippen LogP contribution in [-0.2, 0) is 6.42 Å². The number of aryl methyl sites for hydroxylation is 1. The van der Waals surface area contributed by atoms with Crippen molar-refractivity contribution < 1.29 is 4.79 Å². The van der Waals surface area contributed by atoms with Crippen LogP contribution < -0.4 is 5.32 Å². The van der Waals surface area contributed by atoms with Crippen LogP contribution in [0, 0.1) is 6.92 Å². The third kappa shape index (κ3) is 3.69. The zero-order chi connectivity index (χ0) is 17.1. The first-order valence-electron chi connectivity index (χ1n) is 8.55. The molecule has 0 unspecified atom stereocenters. The second-order valence-electron chi connectivity index (χ2n) is 6.57. The third-order valence-corrected chi connectivity index (χ3v) is 6.04. The number of pyridine rings is 1. The molecule has 6 heteroatoms. The maximum atomic E-state index is 12.3. The highest BCUT2D eigenvalue weighted by atomic mass is 32.2. The molecule has 1 fully saturated rings. The van der Waals surface area contributed by atoms with Gasteiger partial charge in [0.05, 0.1) is 5.69 Å². The van der Waals surface area contributed by atoms with E-state index in [1.54, 1.807) is 0 Å². The van der Waals surface area contributed by atoms with Crippen molar-refractivity contribution in [3.8, 4) is 0 Å². The Bertz CT molecular complexity index is 714. The van der Waals surface area contributed by atoms with Crippen LogP contribution >= 0.6 is 11.8 Å². The predicted molar refractivity (Wildman–Crippen MR) is 99.7 cm³/mol. The number of urea groups is 1. The fraction of sp³-hybridized carbons (Fsp3) is 0.556. The maximum Gasteiger partial charge on any atom is 0.317 e. The fourth-order valence-corrected chi connectivity index (χ4v) is 4.18. The second kappa shape index (κ2) is 7.47. The van der Waals surface area contributed by atoms with Gasteiger partial charge in [-0.05, 0) is 44.1 Å². The van der Waals surface area contributed by atoms with Crippen LogP contribution in [-0.4, -0.2) is 51.5 Å². The third-order valence-electron chi connectivity index (χ3n) is 4.94. The van der Waals surface area contributed by atoms with E-state index >= 15 is 0 Å². The SMILES string of the molecule is CS[C@@H]1CC[C@@H](N(C)C(=O)NCCc2cn3cccc(C)c3n2)C1. The number of nitrogens with one attached hydrogen (secondary N) is 1. The highest BCUT2D eigenvalue weighted by molar-refractivity contribution is 7.99. The molecule has 1 aliphatic rings. The van der Waals surface area contributed by atoms with Crippen molar-refractivity contribution in [3.05, 3.63) is 35.8 Å². The molecular formula is C18H26N4OS. The number of aromatic nitrogens is 2. The van der Waals surface area contributed by atoms with Crippen molar-refractivity contribution in [1.29, 1.82) is 0 Å². The zero-order valence-corrected chi connectivity index (χ0v) is 15.5. The first kappa shape index (κ1) is 17.1. The van der Waals surface area contributed by atoms with E-state index in [1.165, 1.54) is 6.42 Å². The molecule has 2 aromatic heterocycles. The Hall–Kier alpha value is -1.69. The minimum atomic E-state index is 0.0293. The van der Waals surface area contributed by atoms with E-state index in [0.29, 0.717) is 17.8 Å². The van der Waals surface area contributed by atoms with Crippen LogP contribution in [0.3, 0.4) is 0 Å². The van der Waals surface area contributed by atoms with Gasteiger partial charge >= 0.3 is 6.03 Å². The number of fused-ring (bicyclic) bond motifs is 1. The molecule has 0 bridgehead atoms. The first-order chi connectivity index (χ1) is 11.6. The van der Waals surface area contributed by atoms with Crippen LogP contribution in [0.25, 0.3) is 5.65 Å². The largest absolute Gasteiger partial charge is 0.338 e. The van der Waals surface area contributed by atoms with Crippen molar-refractivity contribution >= 4 is 23.4 Å². The molecule has 0 spiro atoms. The summed E-state index contributed by atoms with van der Waals surface area (Å²) in [6, 6.07) is 4.49. The lowest BCUT2D eigenvalue weighted by Crippen LogP contribution is -2.43. The summed E-state index contributed by atoms with van der Waals surface area (Å²) in [7, 11) is 1.91. The van der Waals surface area contributed by atoms with Gasteiger partial charge in [0.1, 0.15) is 5.65 Å². The van der Waals surface area contributed by atoms with Crippen LogP contribution in [0.4, 0.5) is 4.79 Å². The molecule has 1 aliphatic carbocycles.